The summed E-state index contributed by atoms with van der Waals surface area (Å²) in [5.74, 6) is 0. The summed E-state index contributed by atoms with van der Waals surface area (Å²) in [5, 5.41) is 3.50. The van der Waals surface area contributed by atoms with Crippen LogP contribution in [0.5, 0.6) is 0 Å². The third-order valence-corrected chi connectivity index (χ3v) is 3.95. The van der Waals surface area contributed by atoms with Crippen molar-refractivity contribution in [3.63, 3.8) is 0 Å². The summed E-state index contributed by atoms with van der Waals surface area (Å²) in [6.45, 7) is 9.31. The van der Waals surface area contributed by atoms with Gasteiger partial charge in [-0.05, 0) is 43.9 Å². The Morgan fingerprint density at radius 3 is 2.47 bits per heavy atom. The van der Waals surface area contributed by atoms with Crippen LogP contribution in [0.4, 0.5) is 0 Å². The van der Waals surface area contributed by atoms with E-state index in [4.69, 9.17) is 0 Å². The second-order valence-corrected chi connectivity index (χ2v) is 5.83. The van der Waals surface area contributed by atoms with E-state index in [2.05, 4.69) is 48.3 Å². The van der Waals surface area contributed by atoms with Gasteiger partial charge < -0.3 is 10.2 Å². The van der Waals surface area contributed by atoms with E-state index in [1.165, 1.54) is 56.4 Å². The van der Waals surface area contributed by atoms with E-state index >= 15 is 0 Å². The molecule has 1 fully saturated rings. The molecule has 0 spiro atoms. The molecule has 0 bridgehead atoms. The quantitative estimate of drug-likeness (QED) is 0.846. The third-order valence-electron chi connectivity index (χ3n) is 3.95. The molecule has 0 amide bonds. The van der Waals surface area contributed by atoms with Crippen LogP contribution < -0.4 is 5.32 Å². The predicted octanol–water partition coefficient (Wildman–Crippen LogP) is 2.87. The highest BCUT2D eigenvalue weighted by atomic mass is 15.2. The molecule has 0 aromatic heterocycles. The molecular weight excluding hydrogens is 232 g/mol. The summed E-state index contributed by atoms with van der Waals surface area (Å²) in [5.41, 5.74) is 2.96. The first kappa shape index (κ1) is 14.5. The van der Waals surface area contributed by atoms with Gasteiger partial charge in [-0.25, -0.2) is 0 Å². The second-order valence-electron chi connectivity index (χ2n) is 5.83. The molecule has 2 heteroatoms. The minimum atomic E-state index is 0.655. The highest BCUT2D eigenvalue weighted by Crippen LogP contribution is 2.09. The summed E-state index contributed by atoms with van der Waals surface area (Å²) in [6, 6.07) is 9.87. The molecule has 1 unspecified atom stereocenters. The van der Waals surface area contributed by atoms with Crippen LogP contribution in [0.15, 0.2) is 24.3 Å². The van der Waals surface area contributed by atoms with Crippen LogP contribution in [0.25, 0.3) is 0 Å². The van der Waals surface area contributed by atoms with Crippen LogP contribution in [0, 0.1) is 0 Å². The minimum Gasteiger partial charge on any atom is -0.312 e. The zero-order chi connectivity index (χ0) is 13.5. The van der Waals surface area contributed by atoms with Gasteiger partial charge in [0.05, 0.1) is 0 Å². The first-order chi connectivity index (χ1) is 9.28. The Morgan fingerprint density at radius 2 is 1.84 bits per heavy atom. The van der Waals surface area contributed by atoms with E-state index < -0.39 is 0 Å². The first-order valence-electron chi connectivity index (χ1n) is 7.81. The first-order valence-corrected chi connectivity index (χ1v) is 7.81. The Labute approximate surface area is 118 Å². The molecule has 1 aromatic carbocycles. The molecule has 0 aliphatic carbocycles. The largest absolute Gasteiger partial charge is 0.312 e. The number of piperazine rings is 1. The van der Waals surface area contributed by atoms with Gasteiger partial charge in [-0.3, -0.25) is 0 Å². The fourth-order valence-electron chi connectivity index (χ4n) is 2.88. The van der Waals surface area contributed by atoms with Crippen molar-refractivity contribution in [2.45, 2.75) is 45.6 Å². The molecule has 1 saturated heterocycles. The van der Waals surface area contributed by atoms with E-state index in [9.17, 15) is 0 Å². The van der Waals surface area contributed by atoms with Crippen LogP contribution >= 0.6 is 0 Å². The van der Waals surface area contributed by atoms with Gasteiger partial charge in [0.15, 0.2) is 0 Å². The maximum absolute atomic E-state index is 3.50. The van der Waals surface area contributed by atoms with Crippen LogP contribution in [-0.2, 0) is 12.8 Å². The Balaban J connectivity index is 1.70. The molecule has 1 aromatic rings. The van der Waals surface area contributed by atoms with E-state index in [1.54, 1.807) is 0 Å². The van der Waals surface area contributed by atoms with Crippen LogP contribution in [-0.4, -0.2) is 37.1 Å². The molecule has 1 N–H and O–H groups in total. The second kappa shape index (κ2) is 7.66. The van der Waals surface area contributed by atoms with Gasteiger partial charge in [0.1, 0.15) is 0 Å². The highest BCUT2D eigenvalue weighted by Gasteiger charge is 2.14. The number of benzene rings is 1. The van der Waals surface area contributed by atoms with Crippen molar-refractivity contribution in [2.75, 3.05) is 26.2 Å². The van der Waals surface area contributed by atoms with Crippen molar-refractivity contribution in [3.05, 3.63) is 35.4 Å². The summed E-state index contributed by atoms with van der Waals surface area (Å²) in [4.78, 5) is 2.59. The number of hydrogen-bond donors (Lipinski definition) is 1. The van der Waals surface area contributed by atoms with Crippen LogP contribution in [0.2, 0.25) is 0 Å². The molecule has 2 rings (SSSR count). The van der Waals surface area contributed by atoms with Crippen LogP contribution in [0.3, 0.4) is 0 Å². The van der Waals surface area contributed by atoms with Crippen molar-refractivity contribution in [2.24, 2.45) is 0 Å². The third kappa shape index (κ3) is 4.96. The average molecular weight is 260 g/mol. The molecule has 106 valence electrons. The van der Waals surface area contributed by atoms with E-state index in [1.807, 2.05) is 0 Å². The lowest BCUT2D eigenvalue weighted by Gasteiger charge is -2.31. The maximum atomic E-state index is 3.50. The standard InChI is InChI=1S/C17H28N2/c1-3-5-16-7-9-17(10-8-16)6-4-12-19-13-11-18-15(2)14-19/h7-10,15,18H,3-6,11-14H2,1-2H3. The topological polar surface area (TPSA) is 15.3 Å². The van der Waals surface area contributed by atoms with Gasteiger partial charge in [-0.15, -0.1) is 0 Å². The maximum Gasteiger partial charge on any atom is 0.0167 e. The Kier molecular flexibility index (Phi) is 5.87. The number of aryl methyl sites for hydroxylation is 2. The number of nitrogens with zero attached hydrogens (tertiary/aromatic N) is 1. The minimum absolute atomic E-state index is 0.655. The molecule has 0 radical (unpaired) electrons. The van der Waals surface area contributed by atoms with Gasteiger partial charge in [0.2, 0.25) is 0 Å². The SMILES string of the molecule is CCCc1ccc(CCCN2CCNC(C)C2)cc1. The molecule has 1 aliphatic heterocycles. The molecule has 19 heavy (non-hydrogen) atoms. The Hall–Kier alpha value is -0.860. The van der Waals surface area contributed by atoms with E-state index in [0.717, 1.165) is 6.54 Å². The lowest BCUT2D eigenvalue weighted by Crippen LogP contribution is -2.49. The predicted molar refractivity (Wildman–Crippen MR) is 82.7 cm³/mol. The van der Waals surface area contributed by atoms with E-state index in [-0.39, 0.29) is 0 Å². The molecule has 1 heterocycles. The van der Waals surface area contributed by atoms with Crippen LogP contribution in [0.1, 0.15) is 37.8 Å². The fourth-order valence-corrected chi connectivity index (χ4v) is 2.88. The number of hydrogen-bond acceptors (Lipinski definition) is 2. The summed E-state index contributed by atoms with van der Waals surface area (Å²) < 4.78 is 0. The lowest BCUT2D eigenvalue weighted by atomic mass is 10.0. The fraction of sp³-hybridized carbons (Fsp3) is 0.647. The Morgan fingerprint density at radius 1 is 1.16 bits per heavy atom. The van der Waals surface area contributed by atoms with E-state index in [0.29, 0.717) is 6.04 Å². The smallest absolute Gasteiger partial charge is 0.0167 e. The molecule has 1 aliphatic rings. The highest BCUT2D eigenvalue weighted by molar-refractivity contribution is 5.22. The van der Waals surface area contributed by atoms with Crippen molar-refractivity contribution in [1.29, 1.82) is 0 Å². The van der Waals surface area contributed by atoms with Gasteiger partial charge in [-0.1, -0.05) is 37.6 Å². The summed E-state index contributed by atoms with van der Waals surface area (Å²) in [7, 11) is 0. The zero-order valence-corrected chi connectivity index (χ0v) is 12.5. The summed E-state index contributed by atoms with van der Waals surface area (Å²) in [6.07, 6.45) is 4.93. The molecule has 0 saturated carbocycles. The van der Waals surface area contributed by atoms with Gasteiger partial charge in [0, 0.05) is 25.7 Å². The van der Waals surface area contributed by atoms with Crippen molar-refractivity contribution in [1.82, 2.24) is 10.2 Å². The molecule has 1 atom stereocenters. The molecular formula is C17H28N2. The number of nitrogens with one attached hydrogen (secondary N) is 1. The van der Waals surface area contributed by atoms with Crippen molar-refractivity contribution < 1.29 is 0 Å². The average Bonchev–Trinajstić information content (AvgIpc) is 2.41. The zero-order valence-electron chi connectivity index (χ0n) is 12.5. The molecule has 2 nitrogen and oxygen atoms in total. The van der Waals surface area contributed by atoms with Crippen molar-refractivity contribution in [3.8, 4) is 0 Å². The monoisotopic (exact) mass is 260 g/mol. The summed E-state index contributed by atoms with van der Waals surface area (Å²) >= 11 is 0. The number of rotatable bonds is 6. The van der Waals surface area contributed by atoms with Gasteiger partial charge in [0.25, 0.3) is 0 Å². The Bertz CT molecular complexity index is 358. The lowest BCUT2D eigenvalue weighted by molar-refractivity contribution is 0.205. The van der Waals surface area contributed by atoms with Gasteiger partial charge in [-0.2, -0.15) is 0 Å². The van der Waals surface area contributed by atoms with Crippen molar-refractivity contribution >= 4 is 0 Å². The normalized spacial score (nSPS) is 20.6. The van der Waals surface area contributed by atoms with Gasteiger partial charge >= 0.3 is 0 Å².